The van der Waals surface area contributed by atoms with E-state index in [1.807, 2.05) is 24.3 Å². The van der Waals surface area contributed by atoms with Crippen molar-refractivity contribution in [3.8, 4) is 0 Å². The molecule has 0 spiro atoms. The normalized spacial score (nSPS) is 16.4. The SMILES string of the molecule is CCc1ccc(C2=N/C(=C\c3ccco3)C(=O)O2)cc1. The second-order valence-corrected chi connectivity index (χ2v) is 4.40. The van der Waals surface area contributed by atoms with Crippen molar-refractivity contribution in [1.82, 2.24) is 0 Å². The summed E-state index contributed by atoms with van der Waals surface area (Å²) < 4.78 is 10.3. The van der Waals surface area contributed by atoms with Gasteiger partial charge in [0.05, 0.1) is 6.26 Å². The van der Waals surface area contributed by atoms with Crippen LogP contribution in [0.1, 0.15) is 23.8 Å². The molecule has 0 bridgehead atoms. The van der Waals surface area contributed by atoms with Crippen LogP contribution < -0.4 is 0 Å². The van der Waals surface area contributed by atoms with Crippen LogP contribution in [-0.2, 0) is 16.0 Å². The number of aryl methyl sites for hydroxylation is 1. The highest BCUT2D eigenvalue weighted by atomic mass is 16.6. The van der Waals surface area contributed by atoms with Gasteiger partial charge >= 0.3 is 5.97 Å². The topological polar surface area (TPSA) is 51.8 Å². The maximum Gasteiger partial charge on any atom is 0.363 e. The second-order valence-electron chi connectivity index (χ2n) is 4.40. The molecule has 100 valence electrons. The van der Waals surface area contributed by atoms with Gasteiger partial charge in [0.25, 0.3) is 0 Å². The lowest BCUT2D eigenvalue weighted by molar-refractivity contribution is -0.129. The van der Waals surface area contributed by atoms with E-state index in [9.17, 15) is 4.79 Å². The van der Waals surface area contributed by atoms with E-state index in [1.54, 1.807) is 24.5 Å². The molecule has 20 heavy (non-hydrogen) atoms. The van der Waals surface area contributed by atoms with Crippen molar-refractivity contribution in [3.05, 3.63) is 65.2 Å². The molecule has 1 aliphatic heterocycles. The minimum atomic E-state index is -0.462. The Labute approximate surface area is 116 Å². The lowest BCUT2D eigenvalue weighted by Crippen LogP contribution is -2.05. The first-order chi connectivity index (χ1) is 9.76. The molecular weight excluding hydrogens is 254 g/mol. The summed E-state index contributed by atoms with van der Waals surface area (Å²) in [7, 11) is 0. The van der Waals surface area contributed by atoms with Gasteiger partial charge in [-0.2, -0.15) is 0 Å². The molecule has 0 saturated heterocycles. The lowest BCUT2D eigenvalue weighted by atomic mass is 10.1. The molecule has 2 heterocycles. The zero-order chi connectivity index (χ0) is 13.9. The van der Waals surface area contributed by atoms with E-state index in [2.05, 4.69) is 11.9 Å². The molecule has 0 N–H and O–H groups in total. The molecule has 0 aliphatic carbocycles. The Balaban J connectivity index is 1.89. The molecule has 0 radical (unpaired) electrons. The number of esters is 1. The molecule has 0 amide bonds. The molecule has 1 aromatic heterocycles. The standard InChI is InChI=1S/C16H13NO3/c1-2-11-5-7-12(8-6-11)15-17-14(16(18)20-15)10-13-4-3-9-19-13/h3-10H,2H2,1H3/b14-10-. The number of nitrogens with zero attached hydrogens (tertiary/aromatic N) is 1. The average molecular weight is 267 g/mol. The third kappa shape index (κ3) is 2.40. The van der Waals surface area contributed by atoms with E-state index >= 15 is 0 Å². The van der Waals surface area contributed by atoms with Crippen molar-refractivity contribution in [3.63, 3.8) is 0 Å². The summed E-state index contributed by atoms with van der Waals surface area (Å²) in [6, 6.07) is 11.3. The summed E-state index contributed by atoms with van der Waals surface area (Å²) in [6.07, 6.45) is 4.08. The van der Waals surface area contributed by atoms with Crippen molar-refractivity contribution in [1.29, 1.82) is 0 Å². The molecule has 3 rings (SSSR count). The van der Waals surface area contributed by atoms with Crippen molar-refractivity contribution < 1.29 is 13.9 Å². The summed E-state index contributed by atoms with van der Waals surface area (Å²) in [4.78, 5) is 16.0. The Morgan fingerprint density at radius 2 is 2.00 bits per heavy atom. The summed E-state index contributed by atoms with van der Waals surface area (Å²) in [5, 5.41) is 0. The Morgan fingerprint density at radius 3 is 2.65 bits per heavy atom. The highest BCUT2D eigenvalue weighted by Crippen LogP contribution is 2.19. The average Bonchev–Trinajstić information content (AvgIpc) is 3.10. The van der Waals surface area contributed by atoms with Gasteiger partial charge in [-0.05, 0) is 36.2 Å². The summed E-state index contributed by atoms with van der Waals surface area (Å²) >= 11 is 0. The Morgan fingerprint density at radius 1 is 1.20 bits per heavy atom. The molecule has 0 fully saturated rings. The van der Waals surface area contributed by atoms with Crippen LogP contribution in [0.15, 0.2) is 57.8 Å². The summed E-state index contributed by atoms with van der Waals surface area (Å²) in [5.41, 5.74) is 2.26. The molecule has 0 atom stereocenters. The maximum atomic E-state index is 11.8. The van der Waals surface area contributed by atoms with E-state index in [-0.39, 0.29) is 5.70 Å². The molecule has 1 aromatic carbocycles. The number of aliphatic imine (C=N–C) groups is 1. The first kappa shape index (κ1) is 12.4. The first-order valence-corrected chi connectivity index (χ1v) is 6.41. The van der Waals surface area contributed by atoms with Crippen molar-refractivity contribution in [2.45, 2.75) is 13.3 Å². The van der Waals surface area contributed by atoms with Gasteiger partial charge in [-0.3, -0.25) is 0 Å². The Kier molecular flexibility index (Phi) is 3.21. The van der Waals surface area contributed by atoms with E-state index in [0.29, 0.717) is 11.7 Å². The first-order valence-electron chi connectivity index (χ1n) is 6.41. The number of hydrogen-bond acceptors (Lipinski definition) is 4. The fourth-order valence-corrected chi connectivity index (χ4v) is 1.92. The maximum absolute atomic E-state index is 11.8. The summed E-state index contributed by atoms with van der Waals surface area (Å²) in [5.74, 6) is 0.440. The predicted molar refractivity (Wildman–Crippen MR) is 75.1 cm³/mol. The predicted octanol–water partition coefficient (Wildman–Crippen LogP) is 3.19. The van der Waals surface area contributed by atoms with E-state index < -0.39 is 5.97 Å². The fourth-order valence-electron chi connectivity index (χ4n) is 1.92. The number of hydrogen-bond donors (Lipinski definition) is 0. The van der Waals surface area contributed by atoms with E-state index in [1.165, 1.54) is 5.56 Å². The summed E-state index contributed by atoms with van der Waals surface area (Å²) in [6.45, 7) is 2.09. The van der Waals surface area contributed by atoms with E-state index in [0.717, 1.165) is 12.0 Å². The van der Waals surface area contributed by atoms with Gasteiger partial charge in [-0.1, -0.05) is 19.1 Å². The number of ether oxygens (including phenoxy) is 1. The lowest BCUT2D eigenvalue weighted by Gasteiger charge is -2.00. The number of furan rings is 1. The quantitative estimate of drug-likeness (QED) is 0.634. The molecule has 1 aliphatic rings. The zero-order valence-electron chi connectivity index (χ0n) is 11.0. The number of benzene rings is 1. The van der Waals surface area contributed by atoms with Crippen LogP contribution in [-0.4, -0.2) is 11.9 Å². The van der Waals surface area contributed by atoms with Gasteiger partial charge < -0.3 is 9.15 Å². The van der Waals surface area contributed by atoms with Gasteiger partial charge in [0, 0.05) is 11.6 Å². The molecular formula is C16H13NO3. The highest BCUT2D eigenvalue weighted by Gasteiger charge is 2.24. The Bertz CT molecular complexity index is 679. The minimum Gasteiger partial charge on any atom is -0.465 e. The smallest absolute Gasteiger partial charge is 0.363 e. The van der Waals surface area contributed by atoms with Crippen LogP contribution >= 0.6 is 0 Å². The molecule has 2 aromatic rings. The van der Waals surface area contributed by atoms with Gasteiger partial charge in [0.2, 0.25) is 5.90 Å². The van der Waals surface area contributed by atoms with Crippen molar-refractivity contribution >= 4 is 17.9 Å². The largest absolute Gasteiger partial charge is 0.465 e. The zero-order valence-corrected chi connectivity index (χ0v) is 11.0. The van der Waals surface area contributed by atoms with Gasteiger partial charge in [-0.25, -0.2) is 9.79 Å². The fraction of sp³-hybridized carbons (Fsp3) is 0.125. The highest BCUT2D eigenvalue weighted by molar-refractivity contribution is 6.12. The van der Waals surface area contributed by atoms with Gasteiger partial charge in [-0.15, -0.1) is 0 Å². The van der Waals surface area contributed by atoms with Crippen molar-refractivity contribution in [2.75, 3.05) is 0 Å². The number of carbonyl (C=O) groups excluding carboxylic acids is 1. The monoisotopic (exact) mass is 267 g/mol. The number of rotatable bonds is 3. The number of cyclic esters (lactones) is 1. The minimum absolute atomic E-state index is 0.245. The number of carbonyl (C=O) groups is 1. The van der Waals surface area contributed by atoms with E-state index in [4.69, 9.17) is 9.15 Å². The second kappa shape index (κ2) is 5.17. The Hall–Kier alpha value is -2.62. The van der Waals surface area contributed by atoms with Gasteiger partial charge in [0.1, 0.15) is 5.76 Å². The molecule has 0 unspecified atom stereocenters. The van der Waals surface area contributed by atoms with Gasteiger partial charge in [0.15, 0.2) is 5.70 Å². The van der Waals surface area contributed by atoms with Crippen LogP contribution in [0.4, 0.5) is 0 Å². The molecule has 4 heteroatoms. The van der Waals surface area contributed by atoms with Crippen LogP contribution in [0, 0.1) is 0 Å². The third-order valence-electron chi connectivity index (χ3n) is 3.05. The van der Waals surface area contributed by atoms with Crippen LogP contribution in [0.3, 0.4) is 0 Å². The van der Waals surface area contributed by atoms with Crippen molar-refractivity contribution in [2.24, 2.45) is 4.99 Å². The molecule has 0 saturated carbocycles. The van der Waals surface area contributed by atoms with Crippen LogP contribution in [0.2, 0.25) is 0 Å². The van der Waals surface area contributed by atoms with Crippen LogP contribution in [0.5, 0.6) is 0 Å². The molecule has 4 nitrogen and oxygen atoms in total. The third-order valence-corrected chi connectivity index (χ3v) is 3.05. The van der Waals surface area contributed by atoms with Crippen LogP contribution in [0.25, 0.3) is 6.08 Å².